The molecule has 0 amide bonds. The monoisotopic (exact) mass is 1270 g/mol. The highest BCUT2D eigenvalue weighted by atomic mass is 35.5. The lowest BCUT2D eigenvalue weighted by Crippen LogP contribution is -2.35. The Morgan fingerprint density at radius 2 is 1.11 bits per heavy atom. The van der Waals surface area contributed by atoms with E-state index in [0.717, 1.165) is 12.7 Å². The number of nitro benzene ring substituents is 2. The summed E-state index contributed by atoms with van der Waals surface area (Å²) in [7, 11) is 5.62. The third-order valence-electron chi connectivity index (χ3n) is 14.1. The van der Waals surface area contributed by atoms with E-state index in [9.17, 15) is 54.3 Å². The van der Waals surface area contributed by atoms with Gasteiger partial charge in [0.2, 0.25) is 0 Å². The van der Waals surface area contributed by atoms with Crippen LogP contribution in [0.25, 0.3) is 0 Å². The van der Waals surface area contributed by atoms with Crippen molar-refractivity contribution in [2.24, 2.45) is 5.73 Å². The topological polar surface area (TPSA) is 342 Å². The molecule has 0 aliphatic carbocycles. The van der Waals surface area contributed by atoms with Crippen LogP contribution in [0.4, 0.5) is 11.4 Å². The molecule has 91 heavy (non-hydrogen) atoms. The summed E-state index contributed by atoms with van der Waals surface area (Å²) in [5.41, 5.74) is 10.8. The van der Waals surface area contributed by atoms with Crippen LogP contribution in [-0.2, 0) is 68.5 Å². The second kappa shape index (κ2) is 34.1. The Morgan fingerprint density at radius 3 is 1.63 bits per heavy atom. The molecule has 26 heteroatoms. The number of esters is 6. The van der Waals surface area contributed by atoms with Gasteiger partial charge < -0.3 is 54.8 Å². The lowest BCUT2D eigenvalue weighted by atomic mass is 9.80. The van der Waals surface area contributed by atoms with Gasteiger partial charge in [0, 0.05) is 71.7 Å². The Bertz CT molecular complexity index is 3660. The van der Waals surface area contributed by atoms with Crippen LogP contribution in [0.1, 0.15) is 88.5 Å². The van der Waals surface area contributed by atoms with Crippen LogP contribution >= 0.6 is 11.6 Å². The molecular weight excluding hydrogens is 1200 g/mol. The number of carbonyl (C=O) groups is 6. The first-order chi connectivity index (χ1) is 43.4. The zero-order valence-electron chi connectivity index (χ0n) is 52.3. The molecule has 3 unspecified atom stereocenters. The van der Waals surface area contributed by atoms with Crippen LogP contribution in [0.15, 0.2) is 171 Å². The number of hydrogen-bond donors (Lipinski definition) is 4. The molecule has 0 fully saturated rings. The molecule has 5 N–H and O–H groups in total. The Balaban J connectivity index is 0.000000250. The van der Waals surface area contributed by atoms with E-state index < -0.39 is 69.5 Å². The van der Waals surface area contributed by atoms with Crippen LogP contribution < -0.4 is 21.7 Å². The predicted molar refractivity (Wildman–Crippen MR) is 333 cm³/mol. The molecule has 0 radical (unpaired) electrons. The molecule has 3 aliphatic rings. The molecule has 0 saturated heterocycles. The maximum atomic E-state index is 13.3. The van der Waals surface area contributed by atoms with Crippen LogP contribution in [0.2, 0.25) is 5.02 Å². The first-order valence-electron chi connectivity index (χ1n) is 28.4. The maximum absolute atomic E-state index is 13.3. The van der Waals surface area contributed by atoms with Gasteiger partial charge in [0.1, 0.15) is 18.4 Å². The zero-order valence-corrected chi connectivity index (χ0v) is 53.0. The Morgan fingerprint density at radius 1 is 0.626 bits per heavy atom. The van der Waals surface area contributed by atoms with Crippen molar-refractivity contribution in [2.45, 2.75) is 78.9 Å². The number of likely N-dealkylation sites (N-methyl/N-ethyl adjacent to an activating group) is 1. The maximum Gasteiger partial charge on any atom is 0.337 e. The smallest absolute Gasteiger partial charge is 0.337 e. The molecule has 3 atom stereocenters. The normalized spacial score (nSPS) is 16.2. The summed E-state index contributed by atoms with van der Waals surface area (Å²) in [6, 6.07) is 30.3. The second-order valence-corrected chi connectivity index (χ2v) is 21.1. The average molecular weight is 1270 g/mol. The summed E-state index contributed by atoms with van der Waals surface area (Å²) in [6.07, 6.45) is -0.429. The number of allylic oxidation sites excluding steroid dienone is 5. The van der Waals surface area contributed by atoms with Gasteiger partial charge in [0.25, 0.3) is 11.4 Å². The minimum atomic E-state index is -1.06. The molecule has 0 spiro atoms. The van der Waals surface area contributed by atoms with Gasteiger partial charge in [-0.25, -0.2) is 28.8 Å². The minimum Gasteiger partial charge on any atom is -0.466 e. The Labute approximate surface area is 531 Å². The van der Waals surface area contributed by atoms with Crippen molar-refractivity contribution in [3.8, 4) is 6.07 Å². The minimum absolute atomic E-state index is 0.0774. The molecular formula is C65H73ClN8O17. The standard InChI is InChI=1S/C26H29N3O6.C20H25ClN2O5.C19H19N3O6/c1-17-22(25(30)34-4)24(20-11-8-12-21(15-20)29(32)33)23(18(2)27-17)26(31)35-14-13-28(3)16-19-9-6-5-7-10-19;1-4-28-20(25)18-15(11-27-10-9-22)23-12(2)16(19(24)26-3)17(18)13-7-5-6-8-14(13)21;1-10(2)28-19(24)15-11(3)21-14(9-20)17(18(23)27-4)16(15)12-6-5-7-13(8-12)22(25)26/h5-12,15,24,27H,13-14,16H2,1-4H3;5-8,17,23H,4,9-11,22H2,1-3H3;5-8,10,16,21H,1-4H3. The van der Waals surface area contributed by atoms with Gasteiger partial charge in [0.15, 0.2) is 0 Å². The van der Waals surface area contributed by atoms with E-state index in [1.807, 2.05) is 48.3 Å². The third kappa shape index (κ3) is 18.3. The van der Waals surface area contributed by atoms with Gasteiger partial charge >= 0.3 is 35.8 Å². The molecule has 7 rings (SSSR count). The van der Waals surface area contributed by atoms with Crippen molar-refractivity contribution in [1.82, 2.24) is 20.9 Å². The van der Waals surface area contributed by atoms with Gasteiger partial charge in [-0.2, -0.15) is 5.26 Å². The van der Waals surface area contributed by atoms with E-state index in [-0.39, 0.29) is 64.8 Å². The highest BCUT2D eigenvalue weighted by Crippen LogP contribution is 2.44. The van der Waals surface area contributed by atoms with Gasteiger partial charge in [-0.3, -0.25) is 25.1 Å². The van der Waals surface area contributed by atoms with Crippen molar-refractivity contribution in [3.63, 3.8) is 0 Å². The summed E-state index contributed by atoms with van der Waals surface area (Å²) in [5, 5.41) is 41.3. The van der Waals surface area contributed by atoms with Crippen molar-refractivity contribution >= 4 is 58.8 Å². The van der Waals surface area contributed by atoms with E-state index in [1.165, 1.54) is 56.7 Å². The molecule has 3 aliphatic heterocycles. The predicted octanol–water partition coefficient (Wildman–Crippen LogP) is 8.40. The zero-order chi connectivity index (χ0) is 67.2. The first-order valence-corrected chi connectivity index (χ1v) is 28.8. The number of benzene rings is 4. The summed E-state index contributed by atoms with van der Waals surface area (Å²) >= 11 is 6.42. The number of dihydropyridines is 3. The van der Waals surface area contributed by atoms with Crippen LogP contribution in [0.5, 0.6) is 0 Å². The quantitative estimate of drug-likeness (QED) is 0.0188. The van der Waals surface area contributed by atoms with Crippen molar-refractivity contribution < 1.29 is 71.8 Å². The molecule has 0 saturated carbocycles. The lowest BCUT2D eigenvalue weighted by Gasteiger charge is -2.31. The van der Waals surface area contributed by atoms with Crippen LogP contribution in [0, 0.1) is 31.6 Å². The second-order valence-electron chi connectivity index (χ2n) is 20.7. The van der Waals surface area contributed by atoms with Crippen molar-refractivity contribution in [1.29, 1.82) is 5.26 Å². The summed E-state index contributed by atoms with van der Waals surface area (Å²) in [5.74, 6) is -6.57. The van der Waals surface area contributed by atoms with E-state index in [1.54, 1.807) is 78.8 Å². The summed E-state index contributed by atoms with van der Waals surface area (Å²) in [4.78, 5) is 100. The van der Waals surface area contributed by atoms with E-state index in [2.05, 4.69) is 16.0 Å². The molecule has 4 aromatic rings. The van der Waals surface area contributed by atoms with E-state index in [0.29, 0.717) is 82.0 Å². The SMILES string of the molecule is CCOC(=O)C1=C(COCCN)NC(C)=C(C(=O)OC)C1c1ccccc1Cl.COC(=O)C1=C(C#N)NC(C)=C(C(=O)OC(C)C)C1c1cccc([N+](=O)[O-])c1.COC(=O)C1=C(C)NC(C)=C(C(=O)OCCN(C)Cc2ccccc2)C1c1cccc([N+](=O)[O-])c1. The lowest BCUT2D eigenvalue weighted by molar-refractivity contribution is -0.385. The Kier molecular flexibility index (Phi) is 26.9. The molecule has 482 valence electrons. The molecule has 4 aromatic carbocycles. The van der Waals surface area contributed by atoms with E-state index >= 15 is 0 Å². The number of hydrogen-bond acceptors (Lipinski definition) is 23. The van der Waals surface area contributed by atoms with Gasteiger partial charge in [-0.1, -0.05) is 84.4 Å². The van der Waals surface area contributed by atoms with Gasteiger partial charge in [-0.05, 0) is 83.8 Å². The third-order valence-corrected chi connectivity index (χ3v) is 14.5. The molecule has 0 aromatic heterocycles. The number of ether oxygens (including phenoxy) is 7. The average Bonchev–Trinajstić information content (AvgIpc) is 0.811. The Hall–Kier alpha value is -10.0. The highest BCUT2D eigenvalue weighted by molar-refractivity contribution is 6.31. The van der Waals surface area contributed by atoms with Crippen LogP contribution in [0.3, 0.4) is 0 Å². The number of rotatable bonds is 22. The number of nitrogens with two attached hydrogens (primary N) is 1. The largest absolute Gasteiger partial charge is 0.466 e. The fourth-order valence-corrected chi connectivity index (χ4v) is 10.5. The summed E-state index contributed by atoms with van der Waals surface area (Å²) in [6.45, 7) is 14.1. The first kappa shape index (κ1) is 71.8. The summed E-state index contributed by atoms with van der Waals surface area (Å²) < 4.78 is 36.4. The number of nitrogens with one attached hydrogen (secondary N) is 3. The number of halogens is 1. The number of non-ortho nitro benzene ring substituents is 2. The van der Waals surface area contributed by atoms with Gasteiger partial charge in [0.05, 0.1) is 114 Å². The van der Waals surface area contributed by atoms with Crippen LogP contribution in [-0.4, -0.2) is 125 Å². The number of methoxy groups -OCH3 is 3. The number of nitrogens with zero attached hydrogens (tertiary/aromatic N) is 4. The number of nitro groups is 2. The number of carbonyl (C=O) groups excluding carboxylic acids is 6. The molecule has 25 nitrogen and oxygen atoms in total. The number of nitriles is 1. The molecule has 3 heterocycles. The fourth-order valence-electron chi connectivity index (χ4n) is 10.2. The molecule has 0 bridgehead atoms. The fraction of sp³-hybridized carbons (Fsp3) is 0.338. The van der Waals surface area contributed by atoms with E-state index in [4.69, 9.17) is 50.5 Å². The highest BCUT2D eigenvalue weighted by Gasteiger charge is 2.42. The van der Waals surface area contributed by atoms with Crippen molar-refractivity contribution in [3.05, 3.63) is 218 Å². The van der Waals surface area contributed by atoms with Crippen molar-refractivity contribution in [2.75, 3.05) is 67.9 Å². The van der Waals surface area contributed by atoms with Gasteiger partial charge in [-0.15, -0.1) is 0 Å².